The van der Waals surface area contributed by atoms with Crippen molar-refractivity contribution in [3.05, 3.63) is 46.8 Å². The van der Waals surface area contributed by atoms with E-state index in [1.807, 2.05) is 38.1 Å². The van der Waals surface area contributed by atoms with Crippen molar-refractivity contribution in [3.8, 4) is 0 Å². The largest absolute Gasteiger partial charge is 0.435 e. The SMILES string of the molecule is CC(C)(c1ccc(N2CCCC2=O)cc1)n1nc(C(F)(F)F)c2c1CCCC2. The van der Waals surface area contributed by atoms with Gasteiger partial charge in [-0.3, -0.25) is 9.48 Å². The summed E-state index contributed by atoms with van der Waals surface area (Å²) in [5, 5.41) is 4.05. The van der Waals surface area contributed by atoms with E-state index in [0.717, 1.165) is 30.5 Å². The maximum Gasteiger partial charge on any atom is 0.435 e. The summed E-state index contributed by atoms with van der Waals surface area (Å²) >= 11 is 0. The number of amides is 1. The molecular formula is C21H24F3N3O. The highest BCUT2D eigenvalue weighted by Crippen LogP contribution is 2.39. The van der Waals surface area contributed by atoms with Crippen molar-refractivity contribution in [1.82, 2.24) is 9.78 Å². The first kappa shape index (κ1) is 19.0. The number of hydrogen-bond acceptors (Lipinski definition) is 2. The first-order chi connectivity index (χ1) is 13.2. The number of alkyl halides is 3. The van der Waals surface area contributed by atoms with Gasteiger partial charge in [0.05, 0.1) is 5.54 Å². The molecular weight excluding hydrogens is 367 g/mol. The van der Waals surface area contributed by atoms with Gasteiger partial charge in [-0.15, -0.1) is 0 Å². The number of rotatable bonds is 3. The number of carbonyl (C=O) groups excluding carboxylic acids is 1. The predicted molar refractivity (Wildman–Crippen MR) is 100 cm³/mol. The van der Waals surface area contributed by atoms with Crippen molar-refractivity contribution < 1.29 is 18.0 Å². The molecule has 0 N–H and O–H groups in total. The van der Waals surface area contributed by atoms with Gasteiger partial charge in [0.2, 0.25) is 5.91 Å². The van der Waals surface area contributed by atoms with Crippen LogP contribution in [0.15, 0.2) is 24.3 Å². The number of hydrogen-bond donors (Lipinski definition) is 0. The Kier molecular flexibility index (Phi) is 4.51. The van der Waals surface area contributed by atoms with Crippen LogP contribution in [-0.2, 0) is 29.4 Å². The Labute approximate surface area is 162 Å². The molecule has 0 spiro atoms. The summed E-state index contributed by atoms with van der Waals surface area (Å²) in [6.07, 6.45) is -0.345. The first-order valence-electron chi connectivity index (χ1n) is 9.79. The van der Waals surface area contributed by atoms with E-state index in [1.165, 1.54) is 0 Å². The van der Waals surface area contributed by atoms with E-state index in [1.54, 1.807) is 9.58 Å². The van der Waals surface area contributed by atoms with Crippen molar-refractivity contribution >= 4 is 11.6 Å². The van der Waals surface area contributed by atoms with E-state index in [4.69, 9.17) is 0 Å². The van der Waals surface area contributed by atoms with Gasteiger partial charge in [-0.2, -0.15) is 18.3 Å². The summed E-state index contributed by atoms with van der Waals surface area (Å²) in [4.78, 5) is 13.7. The molecule has 1 saturated heterocycles. The van der Waals surface area contributed by atoms with Crippen LogP contribution in [0.5, 0.6) is 0 Å². The van der Waals surface area contributed by atoms with Crippen molar-refractivity contribution in [3.63, 3.8) is 0 Å². The van der Waals surface area contributed by atoms with Crippen LogP contribution >= 0.6 is 0 Å². The molecule has 0 radical (unpaired) electrons. The van der Waals surface area contributed by atoms with Gasteiger partial charge < -0.3 is 4.90 Å². The highest BCUT2D eigenvalue weighted by Gasteiger charge is 2.41. The topological polar surface area (TPSA) is 38.1 Å². The fraction of sp³-hybridized carbons (Fsp3) is 0.524. The van der Waals surface area contributed by atoms with E-state index >= 15 is 0 Å². The van der Waals surface area contributed by atoms with Crippen molar-refractivity contribution in [2.45, 2.75) is 64.1 Å². The number of anilines is 1. The summed E-state index contributed by atoms with van der Waals surface area (Å²) < 4.78 is 42.2. The second kappa shape index (κ2) is 6.64. The fourth-order valence-corrected chi connectivity index (χ4v) is 4.38. The minimum Gasteiger partial charge on any atom is -0.312 e. The Morgan fingerprint density at radius 2 is 1.64 bits per heavy atom. The molecule has 7 heteroatoms. The summed E-state index contributed by atoms with van der Waals surface area (Å²) in [6.45, 7) is 4.50. The zero-order chi connectivity index (χ0) is 20.1. The Hall–Kier alpha value is -2.31. The molecule has 1 aliphatic carbocycles. The number of carbonyl (C=O) groups is 1. The average molecular weight is 391 g/mol. The summed E-state index contributed by atoms with van der Waals surface area (Å²) in [5.74, 6) is 0.114. The fourth-order valence-electron chi connectivity index (χ4n) is 4.38. The van der Waals surface area contributed by atoms with Crippen LogP contribution in [-0.4, -0.2) is 22.2 Å². The molecule has 28 heavy (non-hydrogen) atoms. The van der Waals surface area contributed by atoms with Gasteiger partial charge in [0, 0.05) is 29.9 Å². The monoisotopic (exact) mass is 391 g/mol. The molecule has 2 aliphatic rings. The summed E-state index contributed by atoms with van der Waals surface area (Å²) in [7, 11) is 0. The Morgan fingerprint density at radius 3 is 2.25 bits per heavy atom. The molecule has 1 aromatic carbocycles. The Bertz CT molecular complexity index is 897. The second-order valence-corrected chi connectivity index (χ2v) is 8.15. The lowest BCUT2D eigenvalue weighted by Crippen LogP contribution is -2.31. The first-order valence-corrected chi connectivity index (χ1v) is 9.79. The van der Waals surface area contributed by atoms with Gasteiger partial charge in [0.25, 0.3) is 0 Å². The quantitative estimate of drug-likeness (QED) is 0.761. The molecule has 1 amide bonds. The zero-order valence-corrected chi connectivity index (χ0v) is 16.1. The lowest BCUT2D eigenvalue weighted by molar-refractivity contribution is -0.142. The molecule has 1 aliphatic heterocycles. The van der Waals surface area contributed by atoms with Crippen molar-refractivity contribution in [2.24, 2.45) is 0 Å². The van der Waals surface area contributed by atoms with E-state index in [0.29, 0.717) is 37.1 Å². The third kappa shape index (κ3) is 3.10. The summed E-state index contributed by atoms with van der Waals surface area (Å²) in [5.41, 5.74) is 1.29. The van der Waals surface area contributed by atoms with Crippen LogP contribution in [0, 0.1) is 0 Å². The van der Waals surface area contributed by atoms with Gasteiger partial charge in [-0.05, 0) is 63.6 Å². The smallest absolute Gasteiger partial charge is 0.312 e. The van der Waals surface area contributed by atoms with Gasteiger partial charge in [0.15, 0.2) is 5.69 Å². The Balaban J connectivity index is 1.72. The predicted octanol–water partition coefficient (Wildman–Crippen LogP) is 4.69. The van der Waals surface area contributed by atoms with E-state index < -0.39 is 17.4 Å². The molecule has 150 valence electrons. The van der Waals surface area contributed by atoms with Gasteiger partial charge in [-0.1, -0.05) is 12.1 Å². The van der Waals surface area contributed by atoms with Crippen LogP contribution in [0.1, 0.15) is 62.0 Å². The second-order valence-electron chi connectivity index (χ2n) is 8.15. The van der Waals surface area contributed by atoms with E-state index in [2.05, 4.69) is 5.10 Å². The van der Waals surface area contributed by atoms with Crippen LogP contribution in [0.4, 0.5) is 18.9 Å². The zero-order valence-electron chi connectivity index (χ0n) is 16.1. The maximum atomic E-state index is 13.5. The minimum absolute atomic E-state index is 0.114. The molecule has 1 fully saturated rings. The highest BCUT2D eigenvalue weighted by atomic mass is 19.4. The number of halogens is 3. The molecule has 1 aromatic heterocycles. The minimum atomic E-state index is -4.44. The molecule has 0 atom stereocenters. The number of fused-ring (bicyclic) bond motifs is 1. The highest BCUT2D eigenvalue weighted by molar-refractivity contribution is 5.95. The molecule has 4 rings (SSSR count). The van der Waals surface area contributed by atoms with Crippen molar-refractivity contribution in [1.29, 1.82) is 0 Å². The molecule has 4 nitrogen and oxygen atoms in total. The molecule has 0 saturated carbocycles. The van der Waals surface area contributed by atoms with Crippen LogP contribution in [0.25, 0.3) is 0 Å². The van der Waals surface area contributed by atoms with E-state index in [9.17, 15) is 18.0 Å². The lowest BCUT2D eigenvalue weighted by atomic mass is 9.91. The Morgan fingerprint density at radius 1 is 0.964 bits per heavy atom. The lowest BCUT2D eigenvalue weighted by Gasteiger charge is -2.30. The van der Waals surface area contributed by atoms with Crippen molar-refractivity contribution in [2.75, 3.05) is 11.4 Å². The van der Waals surface area contributed by atoms with Gasteiger partial charge in [-0.25, -0.2) is 0 Å². The molecule has 0 bridgehead atoms. The molecule has 2 heterocycles. The van der Waals surface area contributed by atoms with Gasteiger partial charge >= 0.3 is 6.18 Å². The van der Waals surface area contributed by atoms with Crippen LogP contribution in [0.3, 0.4) is 0 Å². The molecule has 0 unspecified atom stereocenters. The third-order valence-corrected chi connectivity index (χ3v) is 5.94. The van der Waals surface area contributed by atoms with Gasteiger partial charge in [0.1, 0.15) is 0 Å². The van der Waals surface area contributed by atoms with E-state index in [-0.39, 0.29) is 5.91 Å². The third-order valence-electron chi connectivity index (χ3n) is 5.94. The maximum absolute atomic E-state index is 13.5. The number of benzene rings is 1. The molecule has 2 aromatic rings. The van der Waals surface area contributed by atoms with Crippen LogP contribution < -0.4 is 4.90 Å². The summed E-state index contributed by atoms with van der Waals surface area (Å²) in [6, 6.07) is 7.54. The normalized spacial score (nSPS) is 17.9. The number of aromatic nitrogens is 2. The average Bonchev–Trinajstić information content (AvgIpc) is 3.25. The standard InChI is InChI=1S/C21H24F3N3O/c1-20(2,14-9-11-15(12-10-14)26-13-5-8-18(26)28)27-17-7-4-3-6-16(17)19(25-27)21(22,23)24/h9-12H,3-8,13H2,1-2H3. The van der Waals surface area contributed by atoms with Crippen LogP contribution in [0.2, 0.25) is 0 Å². The number of nitrogens with zero attached hydrogens (tertiary/aromatic N) is 3.